The highest BCUT2D eigenvalue weighted by Crippen LogP contribution is 2.20. The van der Waals surface area contributed by atoms with Gasteiger partial charge in [0.25, 0.3) is 0 Å². The molecule has 0 spiro atoms. The van der Waals surface area contributed by atoms with Crippen molar-refractivity contribution in [3.8, 4) is 5.69 Å². The van der Waals surface area contributed by atoms with Crippen LogP contribution in [0.1, 0.15) is 29.9 Å². The summed E-state index contributed by atoms with van der Waals surface area (Å²) in [5.74, 6) is 0. The van der Waals surface area contributed by atoms with Crippen LogP contribution in [0, 0.1) is 6.92 Å². The summed E-state index contributed by atoms with van der Waals surface area (Å²) in [6, 6.07) is 14.6. The van der Waals surface area contributed by atoms with Gasteiger partial charge in [-0.1, -0.05) is 6.07 Å². The third kappa shape index (κ3) is 4.43. The molecule has 0 N–H and O–H groups in total. The Morgan fingerprint density at radius 2 is 2.07 bits per heavy atom. The number of aryl methyl sites for hydroxylation is 1. The minimum Gasteiger partial charge on any atom is -0.377 e. The molecule has 1 aliphatic rings. The maximum atomic E-state index is 5.90. The molecule has 0 aliphatic carbocycles. The number of aromatic nitrogens is 3. The van der Waals surface area contributed by atoms with E-state index in [1.165, 1.54) is 11.4 Å². The van der Waals surface area contributed by atoms with Gasteiger partial charge in [0.2, 0.25) is 0 Å². The summed E-state index contributed by atoms with van der Waals surface area (Å²) in [7, 11) is 0. The lowest BCUT2D eigenvalue weighted by atomic mass is 10.2. The van der Waals surface area contributed by atoms with E-state index in [0.717, 1.165) is 50.5 Å². The molecule has 4 rings (SSSR count). The topological polar surface area (TPSA) is 43.2 Å². The zero-order valence-electron chi connectivity index (χ0n) is 15.8. The quantitative estimate of drug-likeness (QED) is 0.642. The van der Waals surface area contributed by atoms with Crippen molar-refractivity contribution < 1.29 is 4.74 Å². The van der Waals surface area contributed by atoms with Crippen LogP contribution >= 0.6 is 0 Å². The summed E-state index contributed by atoms with van der Waals surface area (Å²) in [5, 5.41) is 0. The SMILES string of the molecule is Cc1ccc(CN(Cc2ccccn2)C[C@@H]2CCCO2)n1-c1cccnc1. The highest BCUT2D eigenvalue weighted by Gasteiger charge is 2.21. The van der Waals surface area contributed by atoms with Gasteiger partial charge in [-0.3, -0.25) is 14.9 Å². The van der Waals surface area contributed by atoms with Crippen LogP contribution in [-0.2, 0) is 17.8 Å². The summed E-state index contributed by atoms with van der Waals surface area (Å²) < 4.78 is 8.19. The van der Waals surface area contributed by atoms with E-state index in [9.17, 15) is 0 Å². The fraction of sp³-hybridized carbons (Fsp3) is 0.364. The molecule has 0 saturated carbocycles. The maximum Gasteiger partial charge on any atom is 0.0703 e. The molecule has 5 heteroatoms. The van der Waals surface area contributed by atoms with Crippen molar-refractivity contribution in [2.45, 2.75) is 39.0 Å². The molecule has 4 heterocycles. The highest BCUT2D eigenvalue weighted by molar-refractivity contribution is 5.35. The normalized spacial score (nSPS) is 16.9. The number of nitrogens with zero attached hydrogens (tertiary/aromatic N) is 4. The third-order valence-corrected chi connectivity index (χ3v) is 5.04. The first-order valence-electron chi connectivity index (χ1n) is 9.61. The third-order valence-electron chi connectivity index (χ3n) is 5.04. The van der Waals surface area contributed by atoms with Gasteiger partial charge < -0.3 is 9.30 Å². The molecular formula is C22H26N4O. The zero-order chi connectivity index (χ0) is 18.5. The summed E-state index contributed by atoms with van der Waals surface area (Å²) in [5.41, 5.74) is 4.67. The van der Waals surface area contributed by atoms with E-state index in [1.54, 1.807) is 0 Å². The van der Waals surface area contributed by atoms with E-state index in [0.29, 0.717) is 6.10 Å². The van der Waals surface area contributed by atoms with Crippen molar-refractivity contribution in [2.75, 3.05) is 13.2 Å². The smallest absolute Gasteiger partial charge is 0.0703 e. The first-order valence-corrected chi connectivity index (χ1v) is 9.61. The van der Waals surface area contributed by atoms with Gasteiger partial charge in [-0.25, -0.2) is 0 Å². The Balaban J connectivity index is 1.57. The van der Waals surface area contributed by atoms with Gasteiger partial charge >= 0.3 is 0 Å². The Labute approximate surface area is 160 Å². The van der Waals surface area contributed by atoms with Crippen molar-refractivity contribution in [3.05, 3.63) is 78.1 Å². The van der Waals surface area contributed by atoms with E-state index >= 15 is 0 Å². The lowest BCUT2D eigenvalue weighted by Gasteiger charge is -2.26. The van der Waals surface area contributed by atoms with Crippen LogP contribution in [0.2, 0.25) is 0 Å². The van der Waals surface area contributed by atoms with E-state index in [1.807, 2.05) is 30.7 Å². The van der Waals surface area contributed by atoms with Crippen LogP contribution in [0.3, 0.4) is 0 Å². The summed E-state index contributed by atoms with van der Waals surface area (Å²) in [6.07, 6.45) is 8.21. The summed E-state index contributed by atoms with van der Waals surface area (Å²) in [6.45, 7) is 5.61. The first-order chi connectivity index (χ1) is 13.3. The Kier molecular flexibility index (Phi) is 5.61. The minimum atomic E-state index is 0.316. The Morgan fingerprint density at radius 1 is 1.11 bits per heavy atom. The van der Waals surface area contributed by atoms with Crippen molar-refractivity contribution in [1.82, 2.24) is 19.4 Å². The fourth-order valence-electron chi connectivity index (χ4n) is 3.78. The maximum absolute atomic E-state index is 5.90. The van der Waals surface area contributed by atoms with Crippen LogP contribution < -0.4 is 0 Å². The second kappa shape index (κ2) is 8.46. The van der Waals surface area contributed by atoms with Crippen molar-refractivity contribution in [2.24, 2.45) is 0 Å². The van der Waals surface area contributed by atoms with Crippen molar-refractivity contribution >= 4 is 0 Å². The van der Waals surface area contributed by atoms with Gasteiger partial charge in [-0.15, -0.1) is 0 Å². The highest BCUT2D eigenvalue weighted by atomic mass is 16.5. The molecule has 27 heavy (non-hydrogen) atoms. The molecule has 0 radical (unpaired) electrons. The molecule has 1 saturated heterocycles. The minimum absolute atomic E-state index is 0.316. The average Bonchev–Trinajstić information content (AvgIpc) is 3.33. The van der Waals surface area contributed by atoms with Crippen LogP contribution in [-0.4, -0.2) is 38.7 Å². The molecule has 0 aromatic carbocycles. The lowest BCUT2D eigenvalue weighted by molar-refractivity contribution is 0.0669. The molecule has 0 amide bonds. The standard InChI is InChI=1S/C22H26N4O/c1-18-9-10-21(26(18)20-7-4-11-23-14-20)16-25(17-22-8-5-13-27-22)15-19-6-2-3-12-24-19/h2-4,6-7,9-12,14,22H,5,8,13,15-17H2,1H3/t22-/m0/s1. The van der Waals surface area contributed by atoms with Crippen LogP contribution in [0.25, 0.3) is 5.69 Å². The van der Waals surface area contributed by atoms with Crippen LogP contribution in [0.15, 0.2) is 61.1 Å². The van der Waals surface area contributed by atoms with Crippen molar-refractivity contribution in [1.29, 1.82) is 0 Å². The van der Waals surface area contributed by atoms with E-state index < -0.39 is 0 Å². The van der Waals surface area contributed by atoms with E-state index in [2.05, 4.69) is 56.7 Å². The van der Waals surface area contributed by atoms with Gasteiger partial charge in [0.1, 0.15) is 0 Å². The summed E-state index contributed by atoms with van der Waals surface area (Å²) >= 11 is 0. The number of hydrogen-bond acceptors (Lipinski definition) is 4. The predicted molar refractivity (Wildman–Crippen MR) is 106 cm³/mol. The van der Waals surface area contributed by atoms with Gasteiger partial charge in [0.05, 0.1) is 23.7 Å². The molecule has 3 aromatic rings. The number of rotatable bonds is 7. The predicted octanol–water partition coefficient (Wildman–Crippen LogP) is 3.76. The largest absolute Gasteiger partial charge is 0.377 e. The van der Waals surface area contributed by atoms with Gasteiger partial charge in [0, 0.05) is 50.0 Å². The first kappa shape index (κ1) is 17.9. The van der Waals surface area contributed by atoms with Crippen molar-refractivity contribution in [3.63, 3.8) is 0 Å². The van der Waals surface area contributed by atoms with Gasteiger partial charge in [-0.2, -0.15) is 0 Å². The second-order valence-corrected chi connectivity index (χ2v) is 7.14. The zero-order valence-corrected chi connectivity index (χ0v) is 15.8. The van der Waals surface area contributed by atoms with Crippen LogP contribution in [0.4, 0.5) is 0 Å². The molecule has 140 valence electrons. The van der Waals surface area contributed by atoms with E-state index in [4.69, 9.17) is 4.74 Å². The molecule has 1 fully saturated rings. The van der Waals surface area contributed by atoms with E-state index in [-0.39, 0.29) is 0 Å². The number of hydrogen-bond donors (Lipinski definition) is 0. The summed E-state index contributed by atoms with van der Waals surface area (Å²) in [4.78, 5) is 11.3. The fourth-order valence-corrected chi connectivity index (χ4v) is 3.78. The average molecular weight is 362 g/mol. The molecular weight excluding hydrogens is 336 g/mol. The molecule has 1 atom stereocenters. The molecule has 3 aromatic heterocycles. The molecule has 0 unspecified atom stereocenters. The van der Waals surface area contributed by atoms with Crippen LogP contribution in [0.5, 0.6) is 0 Å². The monoisotopic (exact) mass is 362 g/mol. The second-order valence-electron chi connectivity index (χ2n) is 7.14. The number of ether oxygens (including phenoxy) is 1. The van der Waals surface area contributed by atoms with Gasteiger partial charge in [-0.05, 0) is 56.2 Å². The number of pyridine rings is 2. The molecule has 5 nitrogen and oxygen atoms in total. The Morgan fingerprint density at radius 3 is 2.81 bits per heavy atom. The molecule has 0 bridgehead atoms. The lowest BCUT2D eigenvalue weighted by Crippen LogP contribution is -2.32. The Hall–Kier alpha value is -2.50. The van der Waals surface area contributed by atoms with Gasteiger partial charge in [0.15, 0.2) is 0 Å². The molecule has 1 aliphatic heterocycles. The Bertz CT molecular complexity index is 841.